The van der Waals surface area contributed by atoms with Crippen LogP contribution in [-0.2, 0) is 27.9 Å². The number of aromatic nitrogens is 2. The Hall–Kier alpha value is -2.19. The van der Waals surface area contributed by atoms with E-state index in [0.29, 0.717) is 37.5 Å². The average molecular weight is 376 g/mol. The fourth-order valence-electron chi connectivity index (χ4n) is 2.97. The van der Waals surface area contributed by atoms with Crippen molar-refractivity contribution in [3.63, 3.8) is 0 Å². The first-order valence-corrected chi connectivity index (χ1v) is 10.3. The Morgan fingerprint density at radius 1 is 1.12 bits per heavy atom. The van der Waals surface area contributed by atoms with Gasteiger partial charge in [0.15, 0.2) is 0 Å². The predicted octanol–water partition coefficient (Wildman–Crippen LogP) is 1.76. The van der Waals surface area contributed by atoms with Crippen LogP contribution in [0.4, 0.5) is 0 Å². The zero-order valence-corrected chi connectivity index (χ0v) is 15.5. The maximum absolute atomic E-state index is 12.6. The van der Waals surface area contributed by atoms with E-state index < -0.39 is 10.0 Å². The van der Waals surface area contributed by atoms with Crippen LogP contribution in [0.3, 0.4) is 0 Å². The molecule has 1 aliphatic heterocycles. The van der Waals surface area contributed by atoms with Crippen LogP contribution < -0.4 is 5.32 Å². The molecule has 1 amide bonds. The first kappa shape index (κ1) is 18.6. The molecule has 0 atom stereocenters. The van der Waals surface area contributed by atoms with Gasteiger partial charge in [0.2, 0.25) is 15.9 Å². The number of piperidine rings is 1. The fourth-order valence-corrected chi connectivity index (χ4v) is 4.49. The van der Waals surface area contributed by atoms with Gasteiger partial charge in [0.05, 0.1) is 4.90 Å². The number of nitrogens with zero attached hydrogens (tertiary/aromatic N) is 3. The van der Waals surface area contributed by atoms with Crippen molar-refractivity contribution < 1.29 is 13.2 Å². The Bertz CT molecular complexity index is 811. The number of aryl methyl sites for hydroxylation is 1. The number of benzene rings is 1. The molecule has 7 nitrogen and oxygen atoms in total. The lowest BCUT2D eigenvalue weighted by molar-refractivity contribution is -0.121. The lowest BCUT2D eigenvalue weighted by Crippen LogP contribution is -2.35. The van der Waals surface area contributed by atoms with Gasteiger partial charge in [-0.1, -0.05) is 18.6 Å². The molecule has 0 bridgehead atoms. The molecule has 1 aliphatic rings. The number of amides is 1. The molecule has 3 rings (SSSR count). The lowest BCUT2D eigenvalue weighted by Gasteiger charge is -2.25. The summed E-state index contributed by atoms with van der Waals surface area (Å²) in [6.07, 6.45) is 6.77. The van der Waals surface area contributed by atoms with Gasteiger partial charge in [-0.05, 0) is 36.6 Å². The van der Waals surface area contributed by atoms with E-state index in [9.17, 15) is 13.2 Å². The SMILES string of the molecule is O=C(CCn1cccn1)NCc1ccc(S(=O)(=O)N2CCCCC2)cc1. The second kappa shape index (κ2) is 8.46. The molecule has 0 saturated carbocycles. The zero-order chi connectivity index (χ0) is 18.4. The van der Waals surface area contributed by atoms with Crippen molar-refractivity contribution in [2.24, 2.45) is 0 Å². The first-order valence-electron chi connectivity index (χ1n) is 8.89. The Morgan fingerprint density at radius 3 is 2.50 bits per heavy atom. The zero-order valence-electron chi connectivity index (χ0n) is 14.7. The van der Waals surface area contributed by atoms with Crippen molar-refractivity contribution in [2.75, 3.05) is 13.1 Å². The molecule has 0 unspecified atom stereocenters. The molecule has 1 N–H and O–H groups in total. The summed E-state index contributed by atoms with van der Waals surface area (Å²) < 4.78 is 28.5. The normalized spacial score (nSPS) is 15.7. The number of hydrogen-bond acceptors (Lipinski definition) is 4. The summed E-state index contributed by atoms with van der Waals surface area (Å²) in [6, 6.07) is 8.57. The van der Waals surface area contributed by atoms with E-state index in [1.54, 1.807) is 39.4 Å². The quantitative estimate of drug-likeness (QED) is 0.798. The highest BCUT2D eigenvalue weighted by Gasteiger charge is 2.25. The van der Waals surface area contributed by atoms with Gasteiger partial charge in [0, 0.05) is 45.0 Å². The van der Waals surface area contributed by atoms with Crippen LogP contribution in [0.1, 0.15) is 31.2 Å². The minimum Gasteiger partial charge on any atom is -0.352 e. The van der Waals surface area contributed by atoms with Crippen molar-refractivity contribution in [3.05, 3.63) is 48.3 Å². The Morgan fingerprint density at radius 2 is 1.85 bits per heavy atom. The third kappa shape index (κ3) is 4.70. The molecule has 0 aliphatic carbocycles. The molecular formula is C18H24N4O3S. The standard InChI is InChI=1S/C18H24N4O3S/c23-18(9-14-21-11-4-10-20-21)19-15-16-5-7-17(8-6-16)26(24,25)22-12-2-1-3-13-22/h4-8,10-11H,1-3,9,12-15H2,(H,19,23). The number of carbonyl (C=O) groups is 1. The van der Waals surface area contributed by atoms with Gasteiger partial charge in [-0.15, -0.1) is 0 Å². The maximum atomic E-state index is 12.6. The second-order valence-corrected chi connectivity index (χ2v) is 8.34. The molecule has 2 aromatic rings. The first-order chi connectivity index (χ1) is 12.6. The van der Waals surface area contributed by atoms with Gasteiger partial charge >= 0.3 is 0 Å². The molecule has 1 aromatic carbocycles. The monoisotopic (exact) mass is 376 g/mol. The van der Waals surface area contributed by atoms with E-state index >= 15 is 0 Å². The molecule has 2 heterocycles. The average Bonchev–Trinajstić information content (AvgIpc) is 3.19. The molecular weight excluding hydrogens is 352 g/mol. The highest BCUT2D eigenvalue weighted by atomic mass is 32.2. The van der Waals surface area contributed by atoms with Crippen LogP contribution in [0.25, 0.3) is 0 Å². The van der Waals surface area contributed by atoms with Gasteiger partial charge in [-0.2, -0.15) is 9.40 Å². The molecule has 0 spiro atoms. The fraction of sp³-hybridized carbons (Fsp3) is 0.444. The number of carbonyl (C=O) groups excluding carboxylic acids is 1. The highest BCUT2D eigenvalue weighted by molar-refractivity contribution is 7.89. The molecule has 1 fully saturated rings. The van der Waals surface area contributed by atoms with Crippen molar-refractivity contribution in [1.29, 1.82) is 0 Å². The van der Waals surface area contributed by atoms with Gasteiger partial charge in [-0.3, -0.25) is 9.48 Å². The Balaban J connectivity index is 1.51. The molecule has 1 aromatic heterocycles. The van der Waals surface area contributed by atoms with Crippen LogP contribution >= 0.6 is 0 Å². The molecule has 8 heteroatoms. The van der Waals surface area contributed by atoms with E-state index in [0.717, 1.165) is 24.8 Å². The smallest absolute Gasteiger partial charge is 0.243 e. The van der Waals surface area contributed by atoms with Gasteiger partial charge in [0.25, 0.3) is 0 Å². The third-order valence-corrected chi connectivity index (χ3v) is 6.41. The summed E-state index contributed by atoms with van der Waals surface area (Å²) in [6.45, 7) is 2.10. The van der Waals surface area contributed by atoms with Crippen molar-refractivity contribution in [1.82, 2.24) is 19.4 Å². The minimum absolute atomic E-state index is 0.0643. The Labute approximate surface area is 154 Å². The summed E-state index contributed by atoms with van der Waals surface area (Å²) >= 11 is 0. The second-order valence-electron chi connectivity index (χ2n) is 6.40. The van der Waals surface area contributed by atoms with E-state index in [-0.39, 0.29) is 5.91 Å². The molecule has 140 valence electrons. The summed E-state index contributed by atoms with van der Waals surface area (Å²) in [5.74, 6) is -0.0643. The topological polar surface area (TPSA) is 84.3 Å². The number of rotatable bonds is 7. The van der Waals surface area contributed by atoms with Gasteiger partial charge < -0.3 is 5.32 Å². The van der Waals surface area contributed by atoms with Crippen LogP contribution in [0, 0.1) is 0 Å². The molecule has 0 radical (unpaired) electrons. The summed E-state index contributed by atoms with van der Waals surface area (Å²) in [5, 5.41) is 6.90. The van der Waals surface area contributed by atoms with E-state index in [1.807, 2.05) is 12.3 Å². The van der Waals surface area contributed by atoms with Crippen molar-refractivity contribution >= 4 is 15.9 Å². The van der Waals surface area contributed by atoms with E-state index in [1.165, 1.54) is 0 Å². The van der Waals surface area contributed by atoms with Crippen LogP contribution in [-0.4, -0.2) is 41.5 Å². The van der Waals surface area contributed by atoms with Gasteiger partial charge in [0.1, 0.15) is 0 Å². The van der Waals surface area contributed by atoms with Crippen LogP contribution in [0.2, 0.25) is 0 Å². The summed E-state index contributed by atoms with van der Waals surface area (Å²) in [5.41, 5.74) is 0.870. The van der Waals surface area contributed by atoms with Crippen molar-refractivity contribution in [2.45, 2.75) is 43.7 Å². The van der Waals surface area contributed by atoms with E-state index in [4.69, 9.17) is 0 Å². The predicted molar refractivity (Wildman–Crippen MR) is 97.7 cm³/mol. The largest absolute Gasteiger partial charge is 0.352 e. The molecule has 26 heavy (non-hydrogen) atoms. The summed E-state index contributed by atoms with van der Waals surface area (Å²) in [4.78, 5) is 12.2. The van der Waals surface area contributed by atoms with E-state index in [2.05, 4.69) is 10.4 Å². The van der Waals surface area contributed by atoms with Crippen molar-refractivity contribution in [3.8, 4) is 0 Å². The number of nitrogens with one attached hydrogen (secondary N) is 1. The third-order valence-electron chi connectivity index (χ3n) is 4.49. The molecule has 1 saturated heterocycles. The number of sulfonamides is 1. The maximum Gasteiger partial charge on any atom is 0.243 e. The number of hydrogen-bond donors (Lipinski definition) is 1. The lowest BCUT2D eigenvalue weighted by atomic mass is 10.2. The highest BCUT2D eigenvalue weighted by Crippen LogP contribution is 2.20. The summed E-state index contributed by atoms with van der Waals surface area (Å²) in [7, 11) is -3.41. The minimum atomic E-state index is -3.41. The van der Waals surface area contributed by atoms with Crippen LogP contribution in [0.15, 0.2) is 47.6 Å². The Kier molecular flexibility index (Phi) is 6.05. The van der Waals surface area contributed by atoms with Gasteiger partial charge in [-0.25, -0.2) is 8.42 Å². The van der Waals surface area contributed by atoms with Crippen LogP contribution in [0.5, 0.6) is 0 Å².